The van der Waals surface area contributed by atoms with Crippen LogP contribution in [0.4, 0.5) is 0 Å². The van der Waals surface area contributed by atoms with E-state index in [4.69, 9.17) is 4.52 Å². The molecule has 0 bridgehead atoms. The maximum atomic E-state index is 12.3. The second kappa shape index (κ2) is 5.45. The van der Waals surface area contributed by atoms with E-state index in [2.05, 4.69) is 47.3 Å². The maximum absolute atomic E-state index is 12.3. The van der Waals surface area contributed by atoms with Gasteiger partial charge in [0, 0.05) is 41.4 Å². The predicted molar refractivity (Wildman–Crippen MR) is 92.5 cm³/mol. The van der Waals surface area contributed by atoms with E-state index in [9.17, 15) is 4.57 Å². The Morgan fingerprint density at radius 3 is 2.30 bits per heavy atom. The molecule has 1 aliphatic heterocycles. The fourth-order valence-electron chi connectivity index (χ4n) is 2.04. The molecule has 0 fully saturated rings. The predicted octanol–water partition coefficient (Wildman–Crippen LogP) is 6.58. The molecular weight excluding hydrogens is 471 g/mol. The summed E-state index contributed by atoms with van der Waals surface area (Å²) in [6, 6.07) is 13.5. The molecule has 1 aliphatic rings. The van der Waals surface area contributed by atoms with Crippen LogP contribution in [0.15, 0.2) is 57.2 Å². The summed E-state index contributed by atoms with van der Waals surface area (Å²) in [5.74, 6) is 2.28. The second-order valence-corrected chi connectivity index (χ2v) is 10.6. The zero-order chi connectivity index (χ0) is 14.3. The lowest BCUT2D eigenvalue weighted by molar-refractivity contribution is 0.507. The molecule has 20 heavy (non-hydrogen) atoms. The maximum Gasteiger partial charge on any atom is 0.334 e. The molecule has 2 aromatic carbocycles. The van der Waals surface area contributed by atoms with Crippen molar-refractivity contribution in [1.82, 2.24) is 0 Å². The molecule has 0 radical (unpaired) electrons. The van der Waals surface area contributed by atoms with Gasteiger partial charge in [0.15, 0.2) is 0 Å². The summed E-state index contributed by atoms with van der Waals surface area (Å²) in [6.07, 6.45) is -2.94. The minimum atomic E-state index is -2.94. The fraction of sp³-hybridized carbons (Fsp3) is 0. The first kappa shape index (κ1) is 14.6. The van der Waals surface area contributed by atoms with Gasteiger partial charge in [-0.25, -0.2) is 0 Å². The van der Waals surface area contributed by atoms with Gasteiger partial charge in [-0.3, -0.25) is 4.57 Å². The molecule has 102 valence electrons. The molecule has 0 aliphatic carbocycles. The monoisotopic (exact) mass is 476 g/mol. The highest BCUT2D eigenvalue weighted by molar-refractivity contribution is 9.40. The molecular formula is C14H8Br3O2P. The number of fused-ring (bicyclic) bond motifs is 1. The van der Waals surface area contributed by atoms with E-state index in [1.165, 1.54) is 0 Å². The van der Waals surface area contributed by atoms with E-state index in [-0.39, 0.29) is 0 Å². The molecule has 0 aromatic heterocycles. The molecule has 2 aromatic rings. The van der Waals surface area contributed by atoms with Crippen molar-refractivity contribution in [2.75, 3.05) is 0 Å². The van der Waals surface area contributed by atoms with Crippen molar-refractivity contribution in [2.45, 2.75) is 0 Å². The van der Waals surface area contributed by atoms with E-state index in [0.717, 1.165) is 25.6 Å². The van der Waals surface area contributed by atoms with Crippen molar-refractivity contribution in [1.29, 1.82) is 0 Å². The lowest BCUT2D eigenvalue weighted by atomic mass is 9.99. The van der Waals surface area contributed by atoms with Crippen LogP contribution < -0.4 is 4.52 Å². The third-order valence-corrected chi connectivity index (χ3v) is 5.98. The number of hydrogen-bond donors (Lipinski definition) is 0. The van der Waals surface area contributed by atoms with Crippen LogP contribution in [0, 0.1) is 0 Å². The Labute approximate surface area is 141 Å². The van der Waals surface area contributed by atoms with Crippen LogP contribution >= 0.6 is 53.4 Å². The first-order valence-corrected chi connectivity index (χ1v) is 11.0. The smallest absolute Gasteiger partial charge is 0.334 e. The third-order valence-electron chi connectivity index (χ3n) is 2.89. The molecule has 0 saturated carbocycles. The Bertz CT molecular complexity index is 754. The number of halogens is 3. The van der Waals surface area contributed by atoms with Gasteiger partial charge < -0.3 is 4.52 Å². The molecule has 1 unspecified atom stereocenters. The Morgan fingerprint density at radius 2 is 1.60 bits per heavy atom. The highest BCUT2D eigenvalue weighted by Gasteiger charge is 2.28. The summed E-state index contributed by atoms with van der Waals surface area (Å²) in [4.78, 5) is 0. The van der Waals surface area contributed by atoms with Gasteiger partial charge in [0.05, 0.1) is 0 Å². The second-order valence-electron chi connectivity index (χ2n) is 4.30. The average Bonchev–Trinajstić information content (AvgIpc) is 2.39. The first-order chi connectivity index (χ1) is 9.44. The van der Waals surface area contributed by atoms with Gasteiger partial charge in [0.25, 0.3) is 0 Å². The van der Waals surface area contributed by atoms with Crippen molar-refractivity contribution in [3.63, 3.8) is 0 Å². The lowest BCUT2D eigenvalue weighted by Gasteiger charge is -2.22. The topological polar surface area (TPSA) is 26.3 Å². The van der Waals surface area contributed by atoms with Gasteiger partial charge >= 0.3 is 6.07 Å². The Kier molecular flexibility index (Phi) is 3.97. The summed E-state index contributed by atoms with van der Waals surface area (Å²) in [5.41, 5.74) is 2.82. The molecule has 0 N–H and O–H groups in total. The standard InChI is InChI=1S/C14H8Br3O2P/c15-10-3-1-9(2-4-10)13-8-20(17,18)19-14-6-5-11(16)7-12(13)14/h1-8H. The summed E-state index contributed by atoms with van der Waals surface area (Å²) < 4.78 is 19.8. The minimum absolute atomic E-state index is 0.619. The third kappa shape index (κ3) is 2.96. The fourth-order valence-corrected chi connectivity index (χ4v) is 4.82. The molecule has 1 atom stereocenters. The van der Waals surface area contributed by atoms with Crippen LogP contribution in [0.25, 0.3) is 5.57 Å². The largest absolute Gasteiger partial charge is 0.432 e. The Hall–Kier alpha value is -0.350. The zero-order valence-electron chi connectivity index (χ0n) is 10.0. The minimum Gasteiger partial charge on any atom is -0.432 e. The van der Waals surface area contributed by atoms with E-state index < -0.39 is 6.07 Å². The molecule has 3 rings (SSSR count). The van der Waals surface area contributed by atoms with Crippen molar-refractivity contribution < 1.29 is 9.09 Å². The highest BCUT2D eigenvalue weighted by Crippen LogP contribution is 2.62. The van der Waals surface area contributed by atoms with Gasteiger partial charge in [-0.05, 0) is 35.9 Å². The molecule has 2 nitrogen and oxygen atoms in total. The SMILES string of the molecule is O=P1(Br)C=C(c2ccc(Br)cc2)c2cc(Br)ccc2O1. The summed E-state index contributed by atoms with van der Waals surface area (Å²) in [7, 11) is 0. The van der Waals surface area contributed by atoms with Crippen molar-refractivity contribution in [3.8, 4) is 5.75 Å². The van der Waals surface area contributed by atoms with Crippen molar-refractivity contribution in [2.24, 2.45) is 0 Å². The Morgan fingerprint density at radius 1 is 0.950 bits per heavy atom. The van der Waals surface area contributed by atoms with E-state index in [0.29, 0.717) is 5.75 Å². The van der Waals surface area contributed by atoms with Crippen LogP contribution in [0.1, 0.15) is 11.1 Å². The van der Waals surface area contributed by atoms with Gasteiger partial charge in [-0.1, -0.05) is 44.0 Å². The van der Waals surface area contributed by atoms with Gasteiger partial charge in [-0.15, -0.1) is 0 Å². The summed E-state index contributed by atoms with van der Waals surface area (Å²) in [5, 5.41) is 0. The van der Waals surface area contributed by atoms with E-state index in [1.807, 2.05) is 42.5 Å². The summed E-state index contributed by atoms with van der Waals surface area (Å²) in [6.45, 7) is 0. The van der Waals surface area contributed by atoms with Crippen LogP contribution in [-0.2, 0) is 4.57 Å². The Balaban J connectivity index is 2.22. The van der Waals surface area contributed by atoms with Crippen molar-refractivity contribution in [3.05, 3.63) is 68.4 Å². The molecule has 1 heterocycles. The quantitative estimate of drug-likeness (QED) is 0.433. The number of hydrogen-bond acceptors (Lipinski definition) is 2. The lowest BCUT2D eigenvalue weighted by Crippen LogP contribution is -1.99. The van der Waals surface area contributed by atoms with Crippen LogP contribution in [0.2, 0.25) is 0 Å². The molecule has 0 spiro atoms. The molecule has 6 heteroatoms. The normalized spacial score (nSPS) is 20.9. The number of benzene rings is 2. The van der Waals surface area contributed by atoms with Crippen molar-refractivity contribution >= 4 is 59.0 Å². The van der Waals surface area contributed by atoms with Gasteiger partial charge in [0.2, 0.25) is 0 Å². The molecule has 0 saturated heterocycles. The van der Waals surface area contributed by atoms with Crippen LogP contribution in [-0.4, -0.2) is 0 Å². The van der Waals surface area contributed by atoms with Gasteiger partial charge in [0.1, 0.15) is 5.75 Å². The van der Waals surface area contributed by atoms with Crippen LogP contribution in [0.5, 0.6) is 5.75 Å². The molecule has 0 amide bonds. The van der Waals surface area contributed by atoms with E-state index >= 15 is 0 Å². The average molecular weight is 479 g/mol. The van der Waals surface area contributed by atoms with Crippen LogP contribution in [0.3, 0.4) is 0 Å². The summed E-state index contributed by atoms with van der Waals surface area (Å²) >= 11 is 10.0. The zero-order valence-corrected chi connectivity index (χ0v) is 15.7. The van der Waals surface area contributed by atoms with E-state index in [1.54, 1.807) is 5.82 Å². The first-order valence-electron chi connectivity index (χ1n) is 5.72. The number of rotatable bonds is 1. The van der Waals surface area contributed by atoms with Gasteiger partial charge in [-0.2, -0.15) is 0 Å². The highest BCUT2D eigenvalue weighted by atomic mass is 79.9.